The molecule has 162 valence electrons. The maximum atomic E-state index is 13.1. The topological polar surface area (TPSA) is 174 Å². The van der Waals surface area contributed by atoms with Crippen LogP contribution >= 0.6 is 23.2 Å². The Labute approximate surface area is 182 Å². The van der Waals surface area contributed by atoms with Crippen LogP contribution in [0.4, 0.5) is 11.6 Å². The number of hydrogen-bond donors (Lipinski definition) is 3. The van der Waals surface area contributed by atoms with Gasteiger partial charge in [0.15, 0.2) is 0 Å². The lowest BCUT2D eigenvalue weighted by atomic mass is 10.2. The van der Waals surface area contributed by atoms with Gasteiger partial charge in [-0.1, -0.05) is 6.07 Å². The molecule has 0 atom stereocenters. The van der Waals surface area contributed by atoms with Gasteiger partial charge in [-0.25, -0.2) is 8.42 Å². The number of nitrogens with two attached hydrogens (primary N) is 2. The highest BCUT2D eigenvalue weighted by Crippen LogP contribution is 2.25. The minimum Gasteiger partial charge on any atom is -0.370 e. The number of benzene rings is 1. The normalized spacial score (nSPS) is 11.5. The summed E-state index contributed by atoms with van der Waals surface area (Å²) in [5, 5.41) is 2.57. The SMILES string of the molecule is Cc1ccc(S(=O)(=O)N(CCC(N)=O)CCC(N)=O)cc1Nc1nc(Cl)nc(Cl)n1. The van der Waals surface area contributed by atoms with Gasteiger partial charge in [0.25, 0.3) is 0 Å². The van der Waals surface area contributed by atoms with Gasteiger partial charge >= 0.3 is 0 Å². The minimum absolute atomic E-state index is 0.0250. The number of nitrogens with zero attached hydrogens (tertiary/aromatic N) is 4. The zero-order valence-electron chi connectivity index (χ0n) is 15.8. The Balaban J connectivity index is 2.38. The van der Waals surface area contributed by atoms with Crippen LogP contribution in [0.5, 0.6) is 0 Å². The minimum atomic E-state index is -4.07. The average Bonchev–Trinajstić information content (AvgIpc) is 2.61. The first-order valence-corrected chi connectivity index (χ1v) is 10.7. The van der Waals surface area contributed by atoms with Crippen LogP contribution in [0, 0.1) is 6.92 Å². The molecule has 1 heterocycles. The van der Waals surface area contributed by atoms with Crippen LogP contribution < -0.4 is 16.8 Å². The van der Waals surface area contributed by atoms with Crippen molar-refractivity contribution in [2.45, 2.75) is 24.7 Å². The van der Waals surface area contributed by atoms with Crippen LogP contribution in [-0.2, 0) is 19.6 Å². The number of sulfonamides is 1. The molecule has 0 saturated heterocycles. The van der Waals surface area contributed by atoms with Gasteiger partial charge in [0.2, 0.25) is 38.4 Å². The molecule has 0 aliphatic heterocycles. The van der Waals surface area contributed by atoms with E-state index in [2.05, 4.69) is 20.3 Å². The number of primary amides is 2. The van der Waals surface area contributed by atoms with E-state index in [1.54, 1.807) is 13.0 Å². The predicted molar refractivity (Wildman–Crippen MR) is 111 cm³/mol. The Morgan fingerprint density at radius 1 is 1.03 bits per heavy atom. The molecule has 1 aromatic heterocycles. The highest BCUT2D eigenvalue weighted by Gasteiger charge is 2.26. The number of amides is 2. The highest BCUT2D eigenvalue weighted by molar-refractivity contribution is 7.89. The number of nitrogens with one attached hydrogen (secondary N) is 1. The van der Waals surface area contributed by atoms with Crippen LogP contribution in [-0.4, -0.2) is 52.6 Å². The van der Waals surface area contributed by atoms with Gasteiger partial charge in [0, 0.05) is 31.6 Å². The zero-order valence-corrected chi connectivity index (χ0v) is 18.1. The van der Waals surface area contributed by atoms with Crippen LogP contribution in [0.15, 0.2) is 23.1 Å². The molecule has 0 radical (unpaired) electrons. The van der Waals surface area contributed by atoms with Crippen molar-refractivity contribution >= 4 is 56.7 Å². The van der Waals surface area contributed by atoms with E-state index in [1.165, 1.54) is 12.1 Å². The Morgan fingerprint density at radius 3 is 2.07 bits per heavy atom. The number of carbonyl (C=O) groups is 2. The highest BCUT2D eigenvalue weighted by atomic mass is 35.5. The summed E-state index contributed by atoms with van der Waals surface area (Å²) < 4.78 is 27.2. The van der Waals surface area contributed by atoms with Gasteiger partial charge in [-0.05, 0) is 47.8 Å². The molecule has 0 fully saturated rings. The van der Waals surface area contributed by atoms with Gasteiger partial charge in [-0.15, -0.1) is 0 Å². The number of halogens is 2. The monoisotopic (exact) mass is 475 g/mol. The number of aryl methyl sites for hydroxylation is 1. The maximum Gasteiger partial charge on any atom is 0.243 e. The van der Waals surface area contributed by atoms with Gasteiger partial charge in [-0.3, -0.25) is 9.59 Å². The molecule has 0 saturated carbocycles. The lowest BCUT2D eigenvalue weighted by Crippen LogP contribution is -2.36. The smallest absolute Gasteiger partial charge is 0.243 e. The van der Waals surface area contributed by atoms with E-state index in [0.717, 1.165) is 4.31 Å². The summed E-state index contributed by atoms with van der Waals surface area (Å²) >= 11 is 11.5. The van der Waals surface area contributed by atoms with Crippen molar-refractivity contribution in [2.24, 2.45) is 11.5 Å². The van der Waals surface area contributed by atoms with Crippen molar-refractivity contribution < 1.29 is 18.0 Å². The molecule has 0 spiro atoms. The van der Waals surface area contributed by atoms with Crippen LogP contribution in [0.3, 0.4) is 0 Å². The molecule has 2 amide bonds. The van der Waals surface area contributed by atoms with Crippen molar-refractivity contribution in [3.63, 3.8) is 0 Å². The summed E-state index contributed by atoms with van der Waals surface area (Å²) in [6, 6.07) is 4.32. The summed E-state index contributed by atoms with van der Waals surface area (Å²) in [6.07, 6.45) is -0.423. The van der Waals surface area contributed by atoms with E-state index in [9.17, 15) is 18.0 Å². The Hall–Kier alpha value is -2.54. The molecule has 1 aromatic carbocycles. The molecular formula is C16H19Cl2N7O4S. The average molecular weight is 476 g/mol. The number of hydrogen-bond acceptors (Lipinski definition) is 8. The summed E-state index contributed by atoms with van der Waals surface area (Å²) in [7, 11) is -4.07. The van der Waals surface area contributed by atoms with E-state index in [1.807, 2.05) is 0 Å². The molecule has 11 nitrogen and oxygen atoms in total. The third-order valence-corrected chi connectivity index (χ3v) is 6.12. The zero-order chi connectivity index (χ0) is 22.5. The third-order valence-electron chi connectivity index (χ3n) is 3.89. The largest absolute Gasteiger partial charge is 0.370 e. The van der Waals surface area contributed by atoms with Crippen LogP contribution in [0.25, 0.3) is 0 Å². The predicted octanol–water partition coefficient (Wildman–Crippen LogP) is 0.972. The first-order valence-electron chi connectivity index (χ1n) is 8.50. The Morgan fingerprint density at radius 2 is 1.57 bits per heavy atom. The van der Waals surface area contributed by atoms with Gasteiger partial charge in [0.05, 0.1) is 4.90 Å². The number of anilines is 2. The quantitative estimate of drug-likeness (QED) is 0.455. The molecule has 0 aliphatic carbocycles. The fourth-order valence-corrected chi connectivity index (χ4v) is 4.20. The third kappa shape index (κ3) is 6.49. The molecule has 0 unspecified atom stereocenters. The Kier molecular flexibility index (Phi) is 7.89. The first-order chi connectivity index (χ1) is 14.0. The molecule has 2 rings (SSSR count). The van der Waals surface area contributed by atoms with Crippen molar-refractivity contribution in [1.29, 1.82) is 0 Å². The van der Waals surface area contributed by atoms with Crippen LogP contribution in [0.1, 0.15) is 18.4 Å². The summed E-state index contributed by atoms with van der Waals surface area (Å²) in [6.45, 7) is 1.35. The first kappa shape index (κ1) is 23.7. The molecule has 30 heavy (non-hydrogen) atoms. The summed E-state index contributed by atoms with van der Waals surface area (Å²) in [5.41, 5.74) is 11.3. The molecular weight excluding hydrogens is 457 g/mol. The molecule has 0 bridgehead atoms. The van der Waals surface area contributed by atoms with E-state index in [4.69, 9.17) is 34.7 Å². The van der Waals surface area contributed by atoms with E-state index in [0.29, 0.717) is 11.3 Å². The summed E-state index contributed by atoms with van der Waals surface area (Å²) in [5.74, 6) is -1.33. The van der Waals surface area contributed by atoms with Gasteiger partial charge in [0.1, 0.15) is 0 Å². The Bertz CT molecular complexity index is 1030. The van der Waals surface area contributed by atoms with Crippen molar-refractivity contribution in [1.82, 2.24) is 19.3 Å². The molecule has 2 aromatic rings. The van der Waals surface area contributed by atoms with Gasteiger partial charge < -0.3 is 16.8 Å². The standard InChI is InChI=1S/C16H19Cl2N7O4S/c1-9-2-3-10(8-11(9)21-16-23-14(17)22-15(18)24-16)30(28,29)25(6-4-12(19)26)7-5-13(20)27/h2-3,8H,4-7H2,1H3,(H2,19,26)(H2,20,27)(H,21,22,23,24). The van der Waals surface area contributed by atoms with Crippen LogP contribution in [0.2, 0.25) is 10.6 Å². The summed E-state index contributed by atoms with van der Waals surface area (Å²) in [4.78, 5) is 33.6. The van der Waals surface area contributed by atoms with E-state index >= 15 is 0 Å². The van der Waals surface area contributed by atoms with E-state index < -0.39 is 21.8 Å². The lowest BCUT2D eigenvalue weighted by molar-refractivity contribution is -0.118. The second-order valence-corrected chi connectivity index (χ2v) is 8.75. The molecule has 0 aliphatic rings. The maximum absolute atomic E-state index is 13.1. The second-order valence-electron chi connectivity index (χ2n) is 6.14. The lowest BCUT2D eigenvalue weighted by Gasteiger charge is -2.22. The van der Waals surface area contributed by atoms with Crippen molar-refractivity contribution in [3.8, 4) is 0 Å². The van der Waals surface area contributed by atoms with Crippen molar-refractivity contribution in [3.05, 3.63) is 34.3 Å². The fourth-order valence-electron chi connectivity index (χ4n) is 2.37. The fraction of sp³-hybridized carbons (Fsp3) is 0.312. The molecule has 5 N–H and O–H groups in total. The second kappa shape index (κ2) is 9.98. The number of carbonyl (C=O) groups excluding carboxylic acids is 2. The van der Waals surface area contributed by atoms with E-state index in [-0.39, 0.29) is 47.3 Å². The molecule has 14 heteroatoms. The van der Waals surface area contributed by atoms with Crippen molar-refractivity contribution in [2.75, 3.05) is 18.4 Å². The number of rotatable bonds is 10. The number of aromatic nitrogens is 3. The van der Waals surface area contributed by atoms with Gasteiger partial charge in [-0.2, -0.15) is 19.3 Å².